The number of thiazole rings is 1. The number of halogens is 1. The van der Waals surface area contributed by atoms with Crippen molar-refractivity contribution in [2.24, 2.45) is 16.2 Å². The minimum absolute atomic E-state index is 0.0670. The van der Waals surface area contributed by atoms with Crippen LogP contribution < -0.4 is 20.1 Å². The first-order chi connectivity index (χ1) is 35.1. The number of aliphatic hydroxyl groups excluding tert-OH is 1. The second-order valence-electron chi connectivity index (χ2n) is 23.4. The van der Waals surface area contributed by atoms with Crippen molar-refractivity contribution in [1.29, 1.82) is 5.26 Å². The molecule has 4 aromatic rings. The second-order valence-corrected chi connectivity index (χ2v) is 24.7. The molecule has 6 atom stereocenters. The highest BCUT2D eigenvalue weighted by atomic mass is 35.5. The van der Waals surface area contributed by atoms with Crippen LogP contribution in [-0.2, 0) is 14.3 Å². The number of carbonyl (C=O) groups is 3. The molecule has 4 fully saturated rings. The number of likely N-dealkylation sites (tertiary alicyclic amines) is 1. The van der Waals surface area contributed by atoms with Crippen molar-refractivity contribution < 1.29 is 38.2 Å². The van der Waals surface area contributed by atoms with Gasteiger partial charge in [0.15, 0.2) is 0 Å². The van der Waals surface area contributed by atoms with Crippen LogP contribution in [0.4, 0.5) is 0 Å². The fraction of sp³-hybridized carbons (Fsp3) is 0.569. The topological polar surface area (TPSA) is 166 Å². The minimum atomic E-state index is -0.784. The maximum atomic E-state index is 15.0. The Morgan fingerprint density at radius 2 is 1.64 bits per heavy atom. The third-order valence-corrected chi connectivity index (χ3v) is 17.9. The van der Waals surface area contributed by atoms with E-state index in [1.807, 2.05) is 45.3 Å². The average molecular weight is 1050 g/mol. The summed E-state index contributed by atoms with van der Waals surface area (Å²) >= 11 is 7.88. The lowest BCUT2D eigenvalue weighted by Gasteiger charge is -2.63. The highest BCUT2D eigenvalue weighted by Gasteiger charge is 2.64. The van der Waals surface area contributed by atoms with Crippen LogP contribution in [-0.4, -0.2) is 138 Å². The molecule has 0 spiro atoms. The van der Waals surface area contributed by atoms with E-state index in [-0.39, 0.29) is 70.0 Å². The lowest BCUT2D eigenvalue weighted by Crippen LogP contribution is -2.74. The molecular weight excluding hydrogens is 974 g/mol. The summed E-state index contributed by atoms with van der Waals surface area (Å²) in [5.41, 5.74) is 4.56. The predicted octanol–water partition coefficient (Wildman–Crippen LogP) is 8.98. The molecule has 14 nitrogen and oxygen atoms in total. The van der Waals surface area contributed by atoms with E-state index < -0.39 is 17.6 Å². The number of hydrogen-bond donors (Lipinski definition) is 3. The van der Waals surface area contributed by atoms with E-state index in [4.69, 9.17) is 25.8 Å². The Morgan fingerprint density at radius 1 is 0.959 bits per heavy atom. The monoisotopic (exact) mass is 1050 g/mol. The molecule has 4 aliphatic rings. The zero-order valence-electron chi connectivity index (χ0n) is 44.8. The van der Waals surface area contributed by atoms with Gasteiger partial charge in [-0.2, -0.15) is 5.26 Å². The van der Waals surface area contributed by atoms with Crippen molar-refractivity contribution in [3.63, 3.8) is 0 Å². The van der Waals surface area contributed by atoms with E-state index in [0.29, 0.717) is 53.8 Å². The van der Waals surface area contributed by atoms with E-state index in [1.165, 1.54) is 0 Å². The van der Waals surface area contributed by atoms with E-state index in [9.17, 15) is 24.8 Å². The molecule has 74 heavy (non-hydrogen) atoms. The highest BCUT2D eigenvalue weighted by molar-refractivity contribution is 7.13. The summed E-state index contributed by atoms with van der Waals surface area (Å²) in [6, 6.07) is 21.8. The fourth-order valence-electron chi connectivity index (χ4n) is 12.6. The van der Waals surface area contributed by atoms with Gasteiger partial charge in [0.1, 0.15) is 61.6 Å². The largest absolute Gasteiger partial charge is 0.492 e. The molecule has 3 amide bonds. The summed E-state index contributed by atoms with van der Waals surface area (Å²) < 4.78 is 19.1. The number of aliphatic hydroxyl groups is 1. The zero-order chi connectivity index (χ0) is 53.2. The number of nitriles is 1. The number of amides is 3. The SMILES string of the molecule is Cc1ncsc1-c1ccc([C@H](C)[N+]2(C(=O)[C@@H](NC(=O)CO[C@@H]3CCCC[C@H]3N3CCN(CCOc4ccc(C(=O)N[C@H]5C(C)(C)[C@H](Oc6ccc(C#N)c(Cl)c6)C5(C)C)cc4)CC3)C(C)(C)C)CC[C@@H](O)C2)cc1. The quantitative estimate of drug-likeness (QED) is 0.0865. The summed E-state index contributed by atoms with van der Waals surface area (Å²) in [5.74, 6) is 0.763. The van der Waals surface area contributed by atoms with Gasteiger partial charge in [0, 0.05) is 79.3 Å². The lowest BCUT2D eigenvalue weighted by atomic mass is 9.49. The predicted molar refractivity (Wildman–Crippen MR) is 289 cm³/mol. The number of benzene rings is 3. The molecule has 2 aliphatic carbocycles. The Bertz CT molecular complexity index is 2640. The van der Waals surface area contributed by atoms with Crippen molar-refractivity contribution in [3.8, 4) is 28.0 Å². The second kappa shape index (κ2) is 22.7. The molecular formula is C58H77ClN7O7S+. The molecule has 398 valence electrons. The third kappa shape index (κ3) is 11.9. The van der Waals surface area contributed by atoms with Gasteiger partial charge >= 0.3 is 5.91 Å². The molecule has 2 saturated heterocycles. The van der Waals surface area contributed by atoms with E-state index in [1.54, 1.807) is 41.7 Å². The number of ether oxygens (including phenoxy) is 3. The summed E-state index contributed by atoms with van der Waals surface area (Å²) in [6.07, 6.45) is 3.69. The van der Waals surface area contributed by atoms with Gasteiger partial charge in [-0.05, 0) is 74.1 Å². The van der Waals surface area contributed by atoms with Crippen LogP contribution in [0.15, 0.2) is 72.2 Å². The normalized spacial score (nSPS) is 25.7. The van der Waals surface area contributed by atoms with Crippen LogP contribution in [0.2, 0.25) is 5.02 Å². The van der Waals surface area contributed by atoms with Gasteiger partial charge < -0.3 is 30.0 Å². The number of hydrogen-bond acceptors (Lipinski definition) is 12. The number of aromatic nitrogens is 1. The Hall–Kier alpha value is -4.92. The van der Waals surface area contributed by atoms with Crippen molar-refractivity contribution in [1.82, 2.24) is 25.4 Å². The summed E-state index contributed by atoms with van der Waals surface area (Å²) in [6.45, 7) is 23.9. The molecule has 2 saturated carbocycles. The molecule has 16 heteroatoms. The number of rotatable bonds is 17. The molecule has 0 radical (unpaired) electrons. The van der Waals surface area contributed by atoms with Crippen molar-refractivity contribution in [2.75, 3.05) is 59.0 Å². The maximum absolute atomic E-state index is 15.0. The van der Waals surface area contributed by atoms with Crippen molar-refractivity contribution in [3.05, 3.63) is 99.6 Å². The maximum Gasteiger partial charge on any atom is 0.337 e. The summed E-state index contributed by atoms with van der Waals surface area (Å²) in [4.78, 5) is 52.8. The Kier molecular flexibility index (Phi) is 17.0. The molecule has 3 N–H and O–H groups in total. The van der Waals surface area contributed by atoms with Crippen molar-refractivity contribution in [2.45, 2.75) is 137 Å². The number of nitrogens with zero attached hydrogens (tertiary/aromatic N) is 5. The first-order valence-electron chi connectivity index (χ1n) is 26.5. The van der Waals surface area contributed by atoms with Gasteiger partial charge in [0.05, 0.1) is 39.3 Å². The summed E-state index contributed by atoms with van der Waals surface area (Å²) in [7, 11) is 0. The molecule has 3 aromatic carbocycles. The van der Waals surface area contributed by atoms with E-state index in [2.05, 4.69) is 90.4 Å². The van der Waals surface area contributed by atoms with E-state index >= 15 is 0 Å². The molecule has 0 bridgehead atoms. The average Bonchev–Trinajstić information content (AvgIpc) is 4.01. The van der Waals surface area contributed by atoms with Gasteiger partial charge in [-0.3, -0.25) is 23.9 Å². The van der Waals surface area contributed by atoms with Gasteiger partial charge in [-0.1, -0.05) is 97.2 Å². The van der Waals surface area contributed by atoms with Gasteiger partial charge in [0.25, 0.3) is 5.91 Å². The number of piperazine rings is 1. The Labute approximate surface area is 447 Å². The zero-order valence-corrected chi connectivity index (χ0v) is 46.4. The van der Waals surface area contributed by atoms with Crippen LogP contribution in [0.5, 0.6) is 11.5 Å². The van der Waals surface area contributed by atoms with Crippen LogP contribution in [0, 0.1) is 34.5 Å². The van der Waals surface area contributed by atoms with Crippen LogP contribution in [0.3, 0.4) is 0 Å². The minimum Gasteiger partial charge on any atom is -0.492 e. The molecule has 3 heterocycles. The van der Waals surface area contributed by atoms with Crippen LogP contribution in [0.1, 0.15) is 121 Å². The van der Waals surface area contributed by atoms with Gasteiger partial charge in [-0.15, -0.1) is 11.3 Å². The number of quaternary nitrogens is 1. The molecule has 2 aliphatic heterocycles. The van der Waals surface area contributed by atoms with Crippen LogP contribution in [0.25, 0.3) is 10.4 Å². The van der Waals surface area contributed by atoms with E-state index in [0.717, 1.165) is 80.1 Å². The first-order valence-corrected chi connectivity index (χ1v) is 27.7. The molecule has 8 rings (SSSR count). The molecule has 1 aromatic heterocycles. The number of aryl methyl sites for hydroxylation is 1. The molecule has 1 unspecified atom stereocenters. The van der Waals surface area contributed by atoms with Gasteiger partial charge in [0.2, 0.25) is 5.91 Å². The number of carbonyl (C=O) groups excluding carboxylic acids is 3. The number of nitrogens with one attached hydrogen (secondary N) is 2. The van der Waals surface area contributed by atoms with Crippen LogP contribution >= 0.6 is 22.9 Å². The highest BCUT2D eigenvalue weighted by Crippen LogP contribution is 2.56. The lowest BCUT2D eigenvalue weighted by molar-refractivity contribution is -0.874. The Morgan fingerprint density at radius 3 is 2.24 bits per heavy atom. The van der Waals surface area contributed by atoms with Crippen molar-refractivity contribution >= 4 is 40.7 Å². The third-order valence-electron chi connectivity index (χ3n) is 16.6. The fourth-order valence-corrected chi connectivity index (χ4v) is 13.6. The standard InChI is InChI=1S/C58H76ClN7O7S/c1-37-50(74-36-61-37)40-16-14-39(15-17-40)38(2)66(30-24-43(67)34-66)53(70)51(56(3,4)5)62-49(68)35-72-48-13-11-10-12-47(48)65-27-25-64(26-28-65)29-31-71-44-21-18-41(19-22-44)52(69)63-54-57(6,7)55(58(54,8)9)73-45-23-20-42(33-60)46(59)32-45/h14-23,32,36,38,43,47-48,51,54-55,67H,10-13,24-31,34-35H2,1-9H3,(H-,62,63,68,69)/p+1/t38-,43+,47+,48+,51+,54-,55-,66?/m0/s1. The van der Waals surface area contributed by atoms with Gasteiger partial charge in [-0.25, -0.2) is 9.78 Å². The summed E-state index contributed by atoms with van der Waals surface area (Å²) in [5, 5.41) is 26.9. The smallest absolute Gasteiger partial charge is 0.337 e. The first kappa shape index (κ1) is 55.3. The Balaban J connectivity index is 0.786.